The molecule has 0 saturated carbocycles. The van der Waals surface area contributed by atoms with Crippen molar-refractivity contribution in [3.63, 3.8) is 0 Å². The molecule has 0 aromatic carbocycles. The van der Waals surface area contributed by atoms with E-state index < -0.39 is 0 Å². The lowest BCUT2D eigenvalue weighted by Crippen LogP contribution is -2.05. The van der Waals surface area contributed by atoms with Crippen molar-refractivity contribution < 1.29 is 14.2 Å². The second-order valence-electron chi connectivity index (χ2n) is 7.45. The summed E-state index contributed by atoms with van der Waals surface area (Å²) >= 11 is 0. The van der Waals surface area contributed by atoms with E-state index in [9.17, 15) is 0 Å². The molecule has 0 aliphatic carbocycles. The first-order valence-electron chi connectivity index (χ1n) is 12.4. The Balaban J connectivity index is 0. The van der Waals surface area contributed by atoms with Crippen LogP contribution in [0, 0.1) is 0 Å². The Morgan fingerprint density at radius 1 is 0.448 bits per heavy atom. The summed E-state index contributed by atoms with van der Waals surface area (Å²) in [4.78, 5) is 0. The van der Waals surface area contributed by atoms with E-state index in [1.54, 1.807) is 0 Å². The summed E-state index contributed by atoms with van der Waals surface area (Å²) in [6.45, 7) is 10.8. The van der Waals surface area contributed by atoms with Crippen molar-refractivity contribution in [2.45, 2.75) is 118 Å². The maximum absolute atomic E-state index is 5.06. The first-order chi connectivity index (χ1) is 14.3. The van der Waals surface area contributed by atoms with Gasteiger partial charge in [0.1, 0.15) is 13.6 Å². The lowest BCUT2D eigenvalue weighted by molar-refractivity contribution is -0.130. The third kappa shape index (κ3) is 35.2. The summed E-state index contributed by atoms with van der Waals surface area (Å²) in [5.41, 5.74) is 0. The highest BCUT2D eigenvalue weighted by atomic mass is 16.7. The van der Waals surface area contributed by atoms with Crippen molar-refractivity contribution in [1.29, 1.82) is 0 Å². The molecular formula is C26H52O3. The molecule has 0 fully saturated rings. The minimum Gasteiger partial charge on any atom is -0.355 e. The number of rotatable bonds is 21. The van der Waals surface area contributed by atoms with Gasteiger partial charge in [-0.15, -0.1) is 0 Å². The van der Waals surface area contributed by atoms with Crippen molar-refractivity contribution in [3.8, 4) is 0 Å². The minimum atomic E-state index is 0.345. The Labute approximate surface area is 183 Å². The predicted molar refractivity (Wildman–Crippen MR) is 128 cm³/mol. The average Bonchev–Trinajstić information content (AvgIpc) is 2.74. The molecule has 0 aromatic heterocycles. The molecular weight excluding hydrogens is 360 g/mol. The van der Waals surface area contributed by atoms with E-state index in [0.717, 1.165) is 26.1 Å². The molecule has 0 unspecified atom stereocenters. The zero-order valence-corrected chi connectivity index (χ0v) is 20.3. The Morgan fingerprint density at radius 3 is 1.34 bits per heavy atom. The third-order valence-corrected chi connectivity index (χ3v) is 4.32. The minimum absolute atomic E-state index is 0.345. The Kier molecular flexibility index (Phi) is 33.8. The van der Waals surface area contributed by atoms with Gasteiger partial charge in [0, 0.05) is 13.2 Å². The normalized spacial score (nSPS) is 11.3. The maximum atomic E-state index is 5.06. The number of hydrogen-bond donors (Lipinski definition) is 0. The summed E-state index contributed by atoms with van der Waals surface area (Å²) in [7, 11) is 0. The summed E-state index contributed by atoms with van der Waals surface area (Å²) in [5, 5.41) is 0. The standard InChI is InChI=1S/C18H34.C8H18O3/c1-3-5-7-9-11-13-15-17-18-16-14-12-10-8-6-4-2;1-3-5-9-7-11-8-10-6-4-2/h5,7,10,12H,3-4,6,8-9,11,13-18H2,1-2H3;3-8H2,1-2H3/b7-5+,12-10+;. The van der Waals surface area contributed by atoms with Gasteiger partial charge in [0.05, 0.1) is 0 Å². The predicted octanol–water partition coefficient (Wildman–Crippen LogP) is 8.59. The van der Waals surface area contributed by atoms with Gasteiger partial charge in [-0.25, -0.2) is 0 Å². The van der Waals surface area contributed by atoms with Gasteiger partial charge < -0.3 is 14.2 Å². The van der Waals surface area contributed by atoms with Crippen LogP contribution >= 0.6 is 0 Å². The molecule has 0 radical (unpaired) electrons. The van der Waals surface area contributed by atoms with E-state index in [2.05, 4.69) is 52.0 Å². The van der Waals surface area contributed by atoms with Crippen LogP contribution in [-0.2, 0) is 14.2 Å². The Morgan fingerprint density at radius 2 is 0.897 bits per heavy atom. The molecule has 0 atom stereocenters. The van der Waals surface area contributed by atoms with Crippen LogP contribution < -0.4 is 0 Å². The molecule has 3 heteroatoms. The van der Waals surface area contributed by atoms with Crippen LogP contribution in [0.4, 0.5) is 0 Å². The second-order valence-corrected chi connectivity index (χ2v) is 7.45. The number of hydrogen-bond acceptors (Lipinski definition) is 3. The van der Waals surface area contributed by atoms with Crippen molar-refractivity contribution >= 4 is 0 Å². The number of allylic oxidation sites excluding steroid dienone is 4. The largest absolute Gasteiger partial charge is 0.355 e. The quantitative estimate of drug-likeness (QED) is 0.107. The van der Waals surface area contributed by atoms with Crippen molar-refractivity contribution in [1.82, 2.24) is 0 Å². The monoisotopic (exact) mass is 412 g/mol. The fraction of sp³-hybridized carbons (Fsp3) is 0.846. The van der Waals surface area contributed by atoms with Gasteiger partial charge in [0.15, 0.2) is 0 Å². The SMILES string of the molecule is CC/C=C/CCCCCCCC/C=C/CCCC.CCCOCOCOCCC. The van der Waals surface area contributed by atoms with Crippen LogP contribution in [0.2, 0.25) is 0 Å². The molecule has 174 valence electrons. The zero-order valence-electron chi connectivity index (χ0n) is 20.3. The molecule has 0 bridgehead atoms. The molecule has 0 heterocycles. The van der Waals surface area contributed by atoms with Crippen molar-refractivity contribution in [3.05, 3.63) is 24.3 Å². The highest BCUT2D eigenvalue weighted by Crippen LogP contribution is 2.09. The molecule has 0 aliphatic rings. The Hall–Kier alpha value is -0.640. The fourth-order valence-electron chi connectivity index (χ4n) is 2.63. The third-order valence-electron chi connectivity index (χ3n) is 4.32. The van der Waals surface area contributed by atoms with Crippen LogP contribution in [0.1, 0.15) is 118 Å². The van der Waals surface area contributed by atoms with Crippen LogP contribution in [0.25, 0.3) is 0 Å². The van der Waals surface area contributed by atoms with Gasteiger partial charge in [-0.3, -0.25) is 0 Å². The fourth-order valence-corrected chi connectivity index (χ4v) is 2.63. The van der Waals surface area contributed by atoms with Gasteiger partial charge in [0.2, 0.25) is 0 Å². The van der Waals surface area contributed by atoms with Gasteiger partial charge in [0.25, 0.3) is 0 Å². The van der Waals surface area contributed by atoms with Crippen molar-refractivity contribution in [2.75, 3.05) is 26.8 Å². The first-order valence-corrected chi connectivity index (χ1v) is 12.4. The number of ether oxygens (including phenoxy) is 3. The smallest absolute Gasteiger partial charge is 0.149 e. The van der Waals surface area contributed by atoms with E-state index in [0.29, 0.717) is 13.6 Å². The molecule has 0 N–H and O–H groups in total. The molecule has 0 rings (SSSR count). The van der Waals surface area contributed by atoms with Crippen LogP contribution in [-0.4, -0.2) is 26.8 Å². The molecule has 29 heavy (non-hydrogen) atoms. The lowest BCUT2D eigenvalue weighted by Gasteiger charge is -2.04. The van der Waals surface area contributed by atoms with Crippen molar-refractivity contribution in [2.24, 2.45) is 0 Å². The highest BCUT2D eigenvalue weighted by molar-refractivity contribution is 4.81. The summed E-state index contributed by atoms with van der Waals surface area (Å²) in [5.74, 6) is 0. The summed E-state index contributed by atoms with van der Waals surface area (Å²) < 4.78 is 15.1. The van der Waals surface area contributed by atoms with Gasteiger partial charge >= 0.3 is 0 Å². The molecule has 3 nitrogen and oxygen atoms in total. The molecule has 0 aromatic rings. The lowest BCUT2D eigenvalue weighted by atomic mass is 10.1. The number of unbranched alkanes of at least 4 members (excludes halogenated alkanes) is 9. The van der Waals surface area contributed by atoms with Crippen LogP contribution in [0.3, 0.4) is 0 Å². The van der Waals surface area contributed by atoms with Gasteiger partial charge in [-0.2, -0.15) is 0 Å². The van der Waals surface area contributed by atoms with Gasteiger partial charge in [-0.1, -0.05) is 90.5 Å². The average molecular weight is 413 g/mol. The van der Waals surface area contributed by atoms with E-state index in [1.165, 1.54) is 77.0 Å². The molecule has 0 spiro atoms. The maximum Gasteiger partial charge on any atom is 0.149 e. The van der Waals surface area contributed by atoms with Gasteiger partial charge in [-0.05, 0) is 51.4 Å². The molecule has 0 saturated heterocycles. The zero-order chi connectivity index (χ0) is 21.7. The van der Waals surface area contributed by atoms with Crippen LogP contribution in [0.15, 0.2) is 24.3 Å². The van der Waals surface area contributed by atoms with Crippen LogP contribution in [0.5, 0.6) is 0 Å². The van der Waals surface area contributed by atoms with E-state index in [-0.39, 0.29) is 0 Å². The summed E-state index contributed by atoms with van der Waals surface area (Å²) in [6, 6.07) is 0. The van der Waals surface area contributed by atoms with E-state index in [4.69, 9.17) is 14.2 Å². The van der Waals surface area contributed by atoms with E-state index in [1.807, 2.05) is 0 Å². The highest BCUT2D eigenvalue weighted by Gasteiger charge is 1.90. The molecule has 0 amide bonds. The Bertz CT molecular complexity index is 305. The molecule has 0 aliphatic heterocycles. The first kappa shape index (κ1) is 30.6. The topological polar surface area (TPSA) is 27.7 Å². The van der Waals surface area contributed by atoms with E-state index >= 15 is 0 Å². The second kappa shape index (κ2) is 32.0. The summed E-state index contributed by atoms with van der Waals surface area (Å²) in [6.07, 6.45) is 27.6.